The summed E-state index contributed by atoms with van der Waals surface area (Å²) in [6.45, 7) is 3.50. The molecule has 0 saturated heterocycles. The van der Waals surface area contributed by atoms with Crippen molar-refractivity contribution in [3.8, 4) is 17.2 Å². The molecular weight excluding hydrogens is 398 g/mol. The van der Waals surface area contributed by atoms with Gasteiger partial charge in [0, 0.05) is 32.2 Å². The van der Waals surface area contributed by atoms with Crippen molar-refractivity contribution in [2.75, 3.05) is 7.11 Å². The second-order valence-corrected chi connectivity index (χ2v) is 7.92. The first-order valence-corrected chi connectivity index (χ1v) is 10.7. The van der Waals surface area contributed by atoms with Crippen molar-refractivity contribution < 1.29 is 29.3 Å². The number of ether oxygens (including phenoxy) is 2. The molecule has 1 aromatic carbocycles. The molecule has 0 unspecified atom stereocenters. The van der Waals surface area contributed by atoms with Crippen LogP contribution < -0.4 is 4.74 Å². The van der Waals surface area contributed by atoms with E-state index in [0.29, 0.717) is 24.3 Å². The lowest BCUT2D eigenvalue weighted by molar-refractivity contribution is -0.148. The van der Waals surface area contributed by atoms with Crippen LogP contribution in [0.15, 0.2) is 30.6 Å². The van der Waals surface area contributed by atoms with Gasteiger partial charge >= 0.3 is 5.97 Å². The van der Waals surface area contributed by atoms with E-state index in [1.54, 1.807) is 6.07 Å². The second-order valence-electron chi connectivity index (χ2n) is 7.92. The van der Waals surface area contributed by atoms with E-state index in [9.17, 15) is 19.8 Å². The van der Waals surface area contributed by atoms with E-state index in [1.165, 1.54) is 25.7 Å². The summed E-state index contributed by atoms with van der Waals surface area (Å²) in [6, 6.07) is 5.08. The summed E-state index contributed by atoms with van der Waals surface area (Å²) in [5, 5.41) is 19.5. The Bertz CT molecular complexity index is 846. The number of hydrogen-bond donors (Lipinski definition) is 3. The largest absolute Gasteiger partial charge is 0.504 e. The number of carbonyl (C=O) groups is 2. The Morgan fingerprint density at radius 3 is 2.55 bits per heavy atom. The molecule has 2 rings (SSSR count). The third-order valence-corrected chi connectivity index (χ3v) is 5.48. The van der Waals surface area contributed by atoms with Gasteiger partial charge in [0.25, 0.3) is 0 Å². The molecule has 1 heterocycles. The first-order valence-electron chi connectivity index (χ1n) is 10.7. The molecule has 3 N–H and O–H groups in total. The van der Waals surface area contributed by atoms with Gasteiger partial charge in [0.15, 0.2) is 11.5 Å². The molecule has 0 bridgehead atoms. The zero-order chi connectivity index (χ0) is 22.8. The van der Waals surface area contributed by atoms with Gasteiger partial charge in [0.1, 0.15) is 11.9 Å². The summed E-state index contributed by atoms with van der Waals surface area (Å²) < 4.78 is 10.4. The number of hydrogen-bond acceptors (Lipinski definition) is 6. The Labute approximate surface area is 183 Å². The molecule has 0 saturated carbocycles. The van der Waals surface area contributed by atoms with Crippen molar-refractivity contribution in [2.24, 2.45) is 5.92 Å². The van der Waals surface area contributed by atoms with Crippen molar-refractivity contribution in [1.82, 2.24) is 4.98 Å². The van der Waals surface area contributed by atoms with Crippen LogP contribution in [0, 0.1) is 5.92 Å². The smallest absolute Gasteiger partial charge is 0.302 e. The highest BCUT2D eigenvalue weighted by atomic mass is 16.5. The van der Waals surface area contributed by atoms with Crippen LogP contribution in [0.25, 0.3) is 0 Å². The van der Waals surface area contributed by atoms with Gasteiger partial charge in [0.05, 0.1) is 7.11 Å². The first-order chi connectivity index (χ1) is 14.8. The monoisotopic (exact) mass is 431 g/mol. The minimum atomic E-state index is -0.437. The highest BCUT2D eigenvalue weighted by molar-refractivity contribution is 5.79. The van der Waals surface area contributed by atoms with Crippen LogP contribution in [0.4, 0.5) is 0 Å². The second kappa shape index (κ2) is 12.0. The van der Waals surface area contributed by atoms with Crippen LogP contribution >= 0.6 is 0 Å². The van der Waals surface area contributed by atoms with Gasteiger partial charge in [-0.3, -0.25) is 9.59 Å². The van der Waals surface area contributed by atoms with Crippen LogP contribution in [-0.4, -0.2) is 40.2 Å². The summed E-state index contributed by atoms with van der Waals surface area (Å²) in [5.41, 5.74) is 1.93. The highest BCUT2D eigenvalue weighted by Gasteiger charge is 2.20. The van der Waals surface area contributed by atoms with E-state index < -0.39 is 6.10 Å². The van der Waals surface area contributed by atoms with E-state index in [4.69, 9.17) is 9.47 Å². The number of benzene rings is 1. The average molecular weight is 432 g/mol. The molecule has 0 radical (unpaired) electrons. The molecule has 31 heavy (non-hydrogen) atoms. The SMILES string of the molecule is CC[C@H](CC[C@H](CC(=O)CCc1cc(O)c(O)c(OC)c1)OC(C)=O)Cc1cc[nH]c1. The molecule has 7 heteroatoms. The van der Waals surface area contributed by atoms with Crippen molar-refractivity contribution in [3.05, 3.63) is 41.7 Å². The van der Waals surface area contributed by atoms with Crippen molar-refractivity contribution >= 4 is 11.8 Å². The highest BCUT2D eigenvalue weighted by Crippen LogP contribution is 2.36. The molecule has 170 valence electrons. The fourth-order valence-corrected chi connectivity index (χ4v) is 3.72. The maximum Gasteiger partial charge on any atom is 0.302 e. The fourth-order valence-electron chi connectivity index (χ4n) is 3.72. The van der Waals surface area contributed by atoms with Gasteiger partial charge in [-0.2, -0.15) is 0 Å². The number of aromatic amines is 1. The number of rotatable bonds is 13. The molecule has 0 amide bonds. The number of nitrogens with one attached hydrogen (secondary N) is 1. The molecule has 0 aliphatic rings. The van der Waals surface area contributed by atoms with Crippen LogP contribution in [0.5, 0.6) is 17.2 Å². The topological polar surface area (TPSA) is 109 Å². The van der Waals surface area contributed by atoms with Gasteiger partial charge in [-0.15, -0.1) is 0 Å². The summed E-state index contributed by atoms with van der Waals surface area (Å²) in [7, 11) is 1.40. The molecule has 0 spiro atoms. The van der Waals surface area contributed by atoms with Crippen LogP contribution in [0.3, 0.4) is 0 Å². The normalized spacial score (nSPS) is 12.9. The number of Topliss-reactive ketones (excluding diaryl/α,β-unsaturated/α-hetero) is 1. The van der Waals surface area contributed by atoms with Gasteiger partial charge in [-0.1, -0.05) is 13.3 Å². The fraction of sp³-hybridized carbons (Fsp3) is 0.500. The Kier molecular flexibility index (Phi) is 9.43. The van der Waals surface area contributed by atoms with Gasteiger partial charge in [0.2, 0.25) is 5.75 Å². The van der Waals surface area contributed by atoms with E-state index in [-0.39, 0.29) is 41.8 Å². The van der Waals surface area contributed by atoms with Gasteiger partial charge in [-0.25, -0.2) is 0 Å². The summed E-state index contributed by atoms with van der Waals surface area (Å²) in [4.78, 5) is 27.1. The number of carbonyl (C=O) groups excluding carboxylic acids is 2. The van der Waals surface area contributed by atoms with Crippen molar-refractivity contribution in [1.29, 1.82) is 0 Å². The lowest BCUT2D eigenvalue weighted by Crippen LogP contribution is -2.22. The number of aryl methyl sites for hydroxylation is 1. The minimum Gasteiger partial charge on any atom is -0.504 e. The molecule has 0 aliphatic heterocycles. The number of phenols is 2. The number of aromatic hydroxyl groups is 2. The lowest BCUT2D eigenvalue weighted by Gasteiger charge is -2.20. The minimum absolute atomic E-state index is 0.0172. The van der Waals surface area contributed by atoms with E-state index in [2.05, 4.69) is 18.0 Å². The lowest BCUT2D eigenvalue weighted by atomic mass is 9.91. The number of esters is 1. The van der Waals surface area contributed by atoms with Gasteiger partial charge in [-0.05, 0) is 60.9 Å². The molecule has 0 fully saturated rings. The zero-order valence-corrected chi connectivity index (χ0v) is 18.5. The third-order valence-electron chi connectivity index (χ3n) is 5.48. The molecule has 0 aliphatic carbocycles. The molecule has 1 aromatic heterocycles. The van der Waals surface area contributed by atoms with Crippen LogP contribution in [0.1, 0.15) is 57.1 Å². The summed E-state index contributed by atoms with van der Waals surface area (Å²) >= 11 is 0. The average Bonchev–Trinajstić information content (AvgIpc) is 3.24. The van der Waals surface area contributed by atoms with Gasteiger partial charge < -0.3 is 24.7 Å². The summed E-state index contributed by atoms with van der Waals surface area (Å²) in [6.07, 6.45) is 7.74. The maximum atomic E-state index is 12.5. The zero-order valence-electron chi connectivity index (χ0n) is 18.5. The Morgan fingerprint density at radius 1 is 1.16 bits per heavy atom. The molecule has 7 nitrogen and oxygen atoms in total. The quantitative estimate of drug-likeness (QED) is 0.322. The number of methoxy groups -OCH3 is 1. The Balaban J connectivity index is 1.90. The Morgan fingerprint density at radius 2 is 1.94 bits per heavy atom. The van der Waals surface area contributed by atoms with E-state index >= 15 is 0 Å². The number of H-pyrrole nitrogens is 1. The third kappa shape index (κ3) is 8.00. The first kappa shape index (κ1) is 24.3. The van der Waals surface area contributed by atoms with E-state index in [0.717, 1.165) is 19.3 Å². The molecular formula is C24H33NO6. The predicted octanol–water partition coefficient (Wildman–Crippen LogP) is 4.31. The standard InChI is InChI=1S/C24H33NO6/c1-4-17(11-19-9-10-25-15-19)6-8-21(31-16(2)26)14-20(27)7-5-18-12-22(28)24(29)23(13-18)30-3/h9-10,12-13,15,17,21,25,28-29H,4-8,11,14H2,1-3H3/t17-,21-/m1/s1. The number of phenolic OH excluding ortho intramolecular Hbond substituents is 2. The molecule has 2 atom stereocenters. The number of ketones is 1. The van der Waals surface area contributed by atoms with Crippen LogP contribution in [-0.2, 0) is 27.2 Å². The van der Waals surface area contributed by atoms with E-state index in [1.807, 2.05) is 12.4 Å². The maximum absolute atomic E-state index is 12.5. The number of aromatic nitrogens is 1. The predicted molar refractivity (Wildman–Crippen MR) is 117 cm³/mol. The molecule has 2 aromatic rings. The summed E-state index contributed by atoms with van der Waals surface area (Å²) in [5.74, 6) is -0.393. The van der Waals surface area contributed by atoms with Crippen molar-refractivity contribution in [3.63, 3.8) is 0 Å². The Hall–Kier alpha value is -2.96. The van der Waals surface area contributed by atoms with Crippen LogP contribution in [0.2, 0.25) is 0 Å². The van der Waals surface area contributed by atoms with Crippen molar-refractivity contribution in [2.45, 2.75) is 64.9 Å².